The number of amides is 1. The fraction of sp³-hybridized carbons (Fsp3) is 0.400. The Kier molecular flexibility index (Phi) is 5.02. The van der Waals surface area contributed by atoms with Gasteiger partial charge in [-0.3, -0.25) is 9.36 Å². The Morgan fingerprint density at radius 1 is 1.09 bits per heavy atom. The van der Waals surface area contributed by atoms with Crippen LogP contribution < -0.4 is 10.3 Å². The van der Waals surface area contributed by atoms with Gasteiger partial charge in [0.15, 0.2) is 0 Å². The summed E-state index contributed by atoms with van der Waals surface area (Å²) in [5.41, 5.74) is 1.66. The van der Waals surface area contributed by atoms with Crippen molar-refractivity contribution in [2.24, 2.45) is 0 Å². The van der Waals surface area contributed by atoms with Crippen LogP contribution in [-0.2, 0) is 11.3 Å². The molecular formula is C25H24ClN3O4. The van der Waals surface area contributed by atoms with Crippen LogP contribution in [0.1, 0.15) is 43.0 Å². The van der Waals surface area contributed by atoms with Gasteiger partial charge >= 0.3 is 6.09 Å². The highest BCUT2D eigenvalue weighted by Crippen LogP contribution is 2.39. The third-order valence-electron chi connectivity index (χ3n) is 6.76. The number of rotatable bonds is 5. The quantitative estimate of drug-likeness (QED) is 0.560. The van der Waals surface area contributed by atoms with Crippen LogP contribution in [0.5, 0.6) is 5.75 Å². The number of carbonyl (C=O) groups excluding carboxylic acids is 1. The van der Waals surface area contributed by atoms with Crippen molar-refractivity contribution >= 4 is 28.6 Å². The third-order valence-corrected chi connectivity index (χ3v) is 7.01. The van der Waals surface area contributed by atoms with Crippen molar-refractivity contribution < 1.29 is 14.3 Å². The maximum atomic E-state index is 13.6. The zero-order valence-electron chi connectivity index (χ0n) is 18.1. The van der Waals surface area contributed by atoms with Crippen LogP contribution in [0.4, 0.5) is 4.79 Å². The number of cyclic esters (lactones) is 1. The first-order valence-electron chi connectivity index (χ1n) is 11.4. The highest BCUT2D eigenvalue weighted by molar-refractivity contribution is 6.30. The molecule has 0 unspecified atom stereocenters. The molecular weight excluding hydrogens is 442 g/mol. The molecule has 1 amide bonds. The molecule has 3 fully saturated rings. The summed E-state index contributed by atoms with van der Waals surface area (Å²) in [6, 6.07) is 13.2. The van der Waals surface area contributed by atoms with Gasteiger partial charge in [-0.25, -0.2) is 9.78 Å². The molecule has 8 heteroatoms. The zero-order chi connectivity index (χ0) is 22.5. The molecule has 170 valence electrons. The Balaban J connectivity index is 1.30. The predicted molar refractivity (Wildman–Crippen MR) is 124 cm³/mol. The summed E-state index contributed by atoms with van der Waals surface area (Å²) in [6.07, 6.45) is 3.33. The number of hydrogen-bond acceptors (Lipinski definition) is 5. The molecule has 1 aromatic heterocycles. The van der Waals surface area contributed by atoms with Crippen molar-refractivity contribution in [3.8, 4) is 5.75 Å². The van der Waals surface area contributed by atoms with E-state index in [1.54, 1.807) is 9.47 Å². The fourth-order valence-electron chi connectivity index (χ4n) is 4.83. The first-order valence-corrected chi connectivity index (χ1v) is 11.8. The predicted octanol–water partition coefficient (Wildman–Crippen LogP) is 4.34. The standard InChI is InChI=1S/C25H24ClN3O4/c26-17-5-1-15(2-6-17)13-29-23(16-3-4-16)27-22-8-7-19(12-21(22)24(29)30)33-20-9-10-28-18(11-20)14-32-25(28)31/h1-2,5-8,12,16,18,20H,3-4,9-11,13-14H2/t18-,20-/m0/s1. The van der Waals surface area contributed by atoms with E-state index in [2.05, 4.69) is 0 Å². The van der Waals surface area contributed by atoms with E-state index in [9.17, 15) is 9.59 Å². The summed E-state index contributed by atoms with van der Waals surface area (Å²) in [4.78, 5) is 31.9. The minimum Gasteiger partial charge on any atom is -0.490 e. The Hall–Kier alpha value is -3.06. The van der Waals surface area contributed by atoms with Gasteiger partial charge in [0.2, 0.25) is 0 Å². The average molecular weight is 466 g/mol. The molecule has 3 aromatic rings. The second-order valence-electron chi connectivity index (χ2n) is 9.13. The van der Waals surface area contributed by atoms with Gasteiger partial charge < -0.3 is 14.4 Å². The number of hydrogen-bond donors (Lipinski definition) is 0. The van der Waals surface area contributed by atoms with Gasteiger partial charge in [-0.2, -0.15) is 0 Å². The number of piperidine rings is 1. The smallest absolute Gasteiger partial charge is 0.410 e. The van der Waals surface area contributed by atoms with Gasteiger partial charge in [0.25, 0.3) is 5.56 Å². The van der Waals surface area contributed by atoms with Crippen molar-refractivity contribution in [1.29, 1.82) is 0 Å². The molecule has 0 spiro atoms. The van der Waals surface area contributed by atoms with Crippen LogP contribution in [0.25, 0.3) is 10.9 Å². The molecule has 0 bridgehead atoms. The molecule has 2 aromatic carbocycles. The van der Waals surface area contributed by atoms with E-state index in [0.717, 1.165) is 37.1 Å². The van der Waals surface area contributed by atoms with Crippen LogP contribution in [0.15, 0.2) is 47.3 Å². The molecule has 0 N–H and O–H groups in total. The Labute approximate surface area is 195 Å². The Morgan fingerprint density at radius 2 is 1.91 bits per heavy atom. The van der Waals surface area contributed by atoms with Gasteiger partial charge in [0.05, 0.1) is 23.5 Å². The lowest BCUT2D eigenvalue weighted by Crippen LogP contribution is -2.44. The number of aromatic nitrogens is 2. The zero-order valence-corrected chi connectivity index (χ0v) is 18.8. The van der Waals surface area contributed by atoms with Crippen LogP contribution in [0.3, 0.4) is 0 Å². The Bertz CT molecular complexity index is 1290. The van der Waals surface area contributed by atoms with Gasteiger partial charge in [0.1, 0.15) is 24.3 Å². The largest absolute Gasteiger partial charge is 0.490 e. The molecule has 33 heavy (non-hydrogen) atoms. The summed E-state index contributed by atoms with van der Waals surface area (Å²) >= 11 is 6.03. The lowest BCUT2D eigenvalue weighted by atomic mass is 10.0. The highest BCUT2D eigenvalue weighted by Gasteiger charge is 2.39. The van der Waals surface area contributed by atoms with Crippen molar-refractivity contribution in [3.05, 3.63) is 69.2 Å². The molecule has 3 aliphatic rings. The van der Waals surface area contributed by atoms with Crippen LogP contribution in [-0.4, -0.2) is 45.8 Å². The van der Waals surface area contributed by atoms with Gasteiger partial charge in [-0.1, -0.05) is 23.7 Å². The van der Waals surface area contributed by atoms with Crippen LogP contribution in [0, 0.1) is 0 Å². The maximum Gasteiger partial charge on any atom is 0.410 e. The van der Waals surface area contributed by atoms with Gasteiger partial charge in [-0.05, 0) is 48.7 Å². The van der Waals surface area contributed by atoms with Crippen molar-refractivity contribution in [2.45, 2.75) is 50.3 Å². The molecule has 7 nitrogen and oxygen atoms in total. The normalized spacial score (nSPS) is 22.3. The molecule has 2 saturated heterocycles. The van der Waals surface area contributed by atoms with Crippen molar-refractivity contribution in [2.75, 3.05) is 13.2 Å². The van der Waals surface area contributed by atoms with E-state index in [1.807, 2.05) is 42.5 Å². The summed E-state index contributed by atoms with van der Waals surface area (Å²) in [5.74, 6) is 1.85. The molecule has 6 rings (SSSR count). The summed E-state index contributed by atoms with van der Waals surface area (Å²) in [7, 11) is 0. The van der Waals surface area contributed by atoms with E-state index in [-0.39, 0.29) is 23.8 Å². The van der Waals surface area contributed by atoms with E-state index < -0.39 is 0 Å². The lowest BCUT2D eigenvalue weighted by molar-refractivity contribution is 0.0937. The minimum absolute atomic E-state index is 0.0202. The number of halogens is 1. The van der Waals surface area contributed by atoms with Crippen molar-refractivity contribution in [3.63, 3.8) is 0 Å². The molecule has 1 saturated carbocycles. The van der Waals surface area contributed by atoms with Crippen LogP contribution >= 0.6 is 11.6 Å². The second-order valence-corrected chi connectivity index (χ2v) is 9.57. The number of fused-ring (bicyclic) bond motifs is 2. The van der Waals surface area contributed by atoms with Crippen molar-refractivity contribution in [1.82, 2.24) is 14.5 Å². The number of ether oxygens (including phenoxy) is 2. The molecule has 0 radical (unpaired) electrons. The first kappa shape index (κ1) is 20.5. The van der Waals surface area contributed by atoms with E-state index in [1.165, 1.54) is 0 Å². The number of benzene rings is 2. The Morgan fingerprint density at radius 3 is 2.70 bits per heavy atom. The monoisotopic (exact) mass is 465 g/mol. The third kappa shape index (κ3) is 3.95. The van der Waals surface area contributed by atoms with Gasteiger partial charge in [0, 0.05) is 30.3 Å². The molecule has 2 aliphatic heterocycles. The SMILES string of the molecule is O=C1OC[C@@H]2C[C@@H](Oc3ccc4nc(C5CC5)n(Cc5ccc(Cl)cc5)c(=O)c4c3)CCN12. The number of nitrogens with zero attached hydrogens (tertiary/aromatic N) is 3. The topological polar surface area (TPSA) is 73.7 Å². The summed E-state index contributed by atoms with van der Waals surface area (Å²) in [6.45, 7) is 1.51. The van der Waals surface area contributed by atoms with Gasteiger partial charge in [-0.15, -0.1) is 0 Å². The number of carbonyl (C=O) groups is 1. The first-order chi connectivity index (χ1) is 16.0. The van der Waals surface area contributed by atoms with E-state index in [4.69, 9.17) is 26.1 Å². The summed E-state index contributed by atoms with van der Waals surface area (Å²) in [5, 5.41) is 1.23. The van der Waals surface area contributed by atoms with E-state index >= 15 is 0 Å². The minimum atomic E-state index is -0.233. The molecule has 2 atom stereocenters. The van der Waals surface area contributed by atoms with E-state index in [0.29, 0.717) is 47.3 Å². The second kappa shape index (κ2) is 8.06. The highest BCUT2D eigenvalue weighted by atomic mass is 35.5. The maximum absolute atomic E-state index is 13.6. The lowest BCUT2D eigenvalue weighted by Gasteiger charge is -2.32. The van der Waals surface area contributed by atoms with Crippen LogP contribution in [0.2, 0.25) is 5.02 Å². The fourth-order valence-corrected chi connectivity index (χ4v) is 4.96. The average Bonchev–Trinajstić information content (AvgIpc) is 3.60. The molecule has 1 aliphatic carbocycles. The molecule has 3 heterocycles. The summed E-state index contributed by atoms with van der Waals surface area (Å²) < 4.78 is 13.2.